The topological polar surface area (TPSA) is 50.4 Å². The normalized spacial score (nSPS) is 9.56. The van der Waals surface area contributed by atoms with Gasteiger partial charge < -0.3 is 15.4 Å². The number of carbonyl (C=O) groups excluding carboxylic acids is 1. The van der Waals surface area contributed by atoms with Gasteiger partial charge in [-0.15, -0.1) is 0 Å². The van der Waals surface area contributed by atoms with Gasteiger partial charge in [-0.25, -0.2) is 0 Å². The first-order chi connectivity index (χ1) is 7.74. The summed E-state index contributed by atoms with van der Waals surface area (Å²) in [5, 5.41) is 5.59. The smallest absolute Gasteiger partial charge is 0.256 e. The summed E-state index contributed by atoms with van der Waals surface area (Å²) in [7, 11) is 1.62. The minimum atomic E-state index is -0.171. The number of methoxy groups -OCH3 is 1. The quantitative estimate of drug-likeness (QED) is 0.706. The van der Waals surface area contributed by atoms with Crippen molar-refractivity contribution in [2.24, 2.45) is 0 Å². The number of nitrogens with one attached hydrogen (secondary N) is 2. The molecule has 0 bridgehead atoms. The van der Waals surface area contributed by atoms with Crippen LogP contribution in [0, 0.1) is 0 Å². The summed E-state index contributed by atoms with van der Waals surface area (Å²) < 4.78 is 4.87. The van der Waals surface area contributed by atoms with Gasteiger partial charge in [0, 0.05) is 19.2 Å². The van der Waals surface area contributed by atoms with Crippen molar-refractivity contribution in [1.82, 2.24) is 10.6 Å². The van der Waals surface area contributed by atoms with E-state index < -0.39 is 0 Å². The molecule has 1 aromatic carbocycles. The maximum atomic E-state index is 11.6. The van der Waals surface area contributed by atoms with Crippen molar-refractivity contribution in [3.63, 3.8) is 0 Å². The van der Waals surface area contributed by atoms with Gasteiger partial charge in [-0.1, -0.05) is 24.8 Å². The summed E-state index contributed by atoms with van der Waals surface area (Å²) >= 11 is 0. The van der Waals surface area contributed by atoms with Gasteiger partial charge in [0.1, 0.15) is 0 Å². The molecule has 0 saturated heterocycles. The maximum Gasteiger partial charge on any atom is 0.256 e. The Morgan fingerprint density at radius 3 is 2.69 bits per heavy atom. The monoisotopic (exact) mass is 220 g/mol. The third-order valence-electron chi connectivity index (χ3n) is 1.94. The van der Waals surface area contributed by atoms with Crippen LogP contribution in [0.15, 0.2) is 42.7 Å². The fraction of sp³-hybridized carbons (Fsp3) is 0.250. The summed E-state index contributed by atoms with van der Waals surface area (Å²) in [5.41, 5.74) is 0.609. The Balaban J connectivity index is 2.37. The molecule has 0 aromatic heterocycles. The van der Waals surface area contributed by atoms with Gasteiger partial charge >= 0.3 is 0 Å². The van der Waals surface area contributed by atoms with E-state index in [0.717, 1.165) is 0 Å². The van der Waals surface area contributed by atoms with Crippen molar-refractivity contribution < 1.29 is 9.53 Å². The third kappa shape index (κ3) is 4.14. The Kier molecular flexibility index (Phi) is 5.08. The van der Waals surface area contributed by atoms with Gasteiger partial charge in [0.05, 0.1) is 12.4 Å². The SMILES string of the molecule is C=C(NCCOC)NC(=O)c1ccccc1. The number of hydrogen-bond acceptors (Lipinski definition) is 3. The molecule has 16 heavy (non-hydrogen) atoms. The van der Waals surface area contributed by atoms with E-state index >= 15 is 0 Å². The zero-order valence-electron chi connectivity index (χ0n) is 9.32. The molecule has 4 heteroatoms. The second-order valence-corrected chi connectivity index (χ2v) is 3.22. The van der Waals surface area contributed by atoms with E-state index in [1.807, 2.05) is 18.2 Å². The molecule has 0 aliphatic rings. The van der Waals surface area contributed by atoms with Gasteiger partial charge in [-0.05, 0) is 12.1 Å². The number of rotatable bonds is 6. The van der Waals surface area contributed by atoms with Crippen molar-refractivity contribution in [2.75, 3.05) is 20.3 Å². The Bertz CT molecular complexity index is 349. The number of hydrogen-bond donors (Lipinski definition) is 2. The summed E-state index contributed by atoms with van der Waals surface area (Å²) in [6.07, 6.45) is 0. The van der Waals surface area contributed by atoms with Gasteiger partial charge in [-0.2, -0.15) is 0 Å². The van der Waals surface area contributed by atoms with Gasteiger partial charge in [0.15, 0.2) is 0 Å². The predicted molar refractivity (Wildman–Crippen MR) is 62.9 cm³/mol. The van der Waals surface area contributed by atoms with E-state index in [-0.39, 0.29) is 5.91 Å². The van der Waals surface area contributed by atoms with E-state index in [9.17, 15) is 4.79 Å². The van der Waals surface area contributed by atoms with E-state index in [4.69, 9.17) is 4.74 Å². The molecule has 0 spiro atoms. The van der Waals surface area contributed by atoms with Crippen LogP contribution < -0.4 is 10.6 Å². The molecule has 0 heterocycles. The van der Waals surface area contributed by atoms with Gasteiger partial charge in [0.25, 0.3) is 5.91 Å². The first-order valence-electron chi connectivity index (χ1n) is 5.02. The highest BCUT2D eigenvalue weighted by Gasteiger charge is 2.04. The highest BCUT2D eigenvalue weighted by molar-refractivity contribution is 5.95. The van der Waals surface area contributed by atoms with Crippen LogP contribution in [0.25, 0.3) is 0 Å². The molecule has 0 aliphatic carbocycles. The fourth-order valence-corrected chi connectivity index (χ4v) is 1.15. The zero-order valence-corrected chi connectivity index (χ0v) is 9.32. The van der Waals surface area contributed by atoms with Crippen LogP contribution >= 0.6 is 0 Å². The predicted octanol–water partition coefficient (Wildman–Crippen LogP) is 1.12. The lowest BCUT2D eigenvalue weighted by atomic mass is 10.2. The van der Waals surface area contributed by atoms with E-state index in [1.165, 1.54) is 0 Å². The van der Waals surface area contributed by atoms with Crippen molar-refractivity contribution >= 4 is 5.91 Å². The molecule has 0 aliphatic heterocycles. The molecule has 86 valence electrons. The Labute approximate surface area is 95.3 Å². The average molecular weight is 220 g/mol. The van der Waals surface area contributed by atoms with E-state index in [1.54, 1.807) is 19.2 Å². The number of amides is 1. The highest BCUT2D eigenvalue weighted by Crippen LogP contribution is 1.98. The summed E-state index contributed by atoms with van der Waals surface area (Å²) in [6, 6.07) is 8.99. The minimum absolute atomic E-state index is 0.171. The third-order valence-corrected chi connectivity index (χ3v) is 1.94. The van der Waals surface area contributed by atoms with E-state index in [0.29, 0.717) is 24.5 Å². The molecule has 1 aromatic rings. The molecule has 1 amide bonds. The van der Waals surface area contributed by atoms with Crippen molar-refractivity contribution in [1.29, 1.82) is 0 Å². The summed E-state index contributed by atoms with van der Waals surface area (Å²) in [6.45, 7) is 4.88. The number of benzene rings is 1. The first-order valence-corrected chi connectivity index (χ1v) is 5.02. The van der Waals surface area contributed by atoms with Crippen LogP contribution in [0.4, 0.5) is 0 Å². The van der Waals surface area contributed by atoms with E-state index in [2.05, 4.69) is 17.2 Å². The van der Waals surface area contributed by atoms with Crippen molar-refractivity contribution in [2.45, 2.75) is 0 Å². The minimum Gasteiger partial charge on any atom is -0.383 e. The molecular formula is C12H16N2O2. The van der Waals surface area contributed by atoms with Crippen LogP contribution in [-0.4, -0.2) is 26.2 Å². The van der Waals surface area contributed by atoms with Crippen LogP contribution in [0.1, 0.15) is 10.4 Å². The van der Waals surface area contributed by atoms with Crippen LogP contribution in [-0.2, 0) is 4.74 Å². The van der Waals surface area contributed by atoms with Crippen LogP contribution in [0.2, 0.25) is 0 Å². The lowest BCUT2D eigenvalue weighted by molar-refractivity contribution is 0.0962. The molecule has 2 N–H and O–H groups in total. The van der Waals surface area contributed by atoms with Gasteiger partial charge in [0.2, 0.25) is 0 Å². The van der Waals surface area contributed by atoms with Crippen LogP contribution in [0.5, 0.6) is 0 Å². The van der Waals surface area contributed by atoms with Crippen LogP contribution in [0.3, 0.4) is 0 Å². The largest absolute Gasteiger partial charge is 0.383 e. The second kappa shape index (κ2) is 6.63. The first kappa shape index (κ1) is 12.3. The number of ether oxygens (including phenoxy) is 1. The highest BCUT2D eigenvalue weighted by atomic mass is 16.5. The molecule has 0 atom stereocenters. The molecule has 0 unspecified atom stereocenters. The summed E-state index contributed by atoms with van der Waals surface area (Å²) in [5.74, 6) is 0.307. The average Bonchev–Trinajstić information content (AvgIpc) is 2.30. The van der Waals surface area contributed by atoms with Gasteiger partial charge in [-0.3, -0.25) is 4.79 Å². The molecule has 0 saturated carbocycles. The Hall–Kier alpha value is -1.81. The Morgan fingerprint density at radius 2 is 2.06 bits per heavy atom. The second-order valence-electron chi connectivity index (χ2n) is 3.22. The number of carbonyl (C=O) groups is 1. The maximum absolute atomic E-state index is 11.6. The molecule has 0 fully saturated rings. The summed E-state index contributed by atoms with van der Waals surface area (Å²) in [4.78, 5) is 11.6. The Morgan fingerprint density at radius 1 is 1.38 bits per heavy atom. The fourth-order valence-electron chi connectivity index (χ4n) is 1.15. The molecule has 0 radical (unpaired) electrons. The lowest BCUT2D eigenvalue weighted by Gasteiger charge is -2.10. The van der Waals surface area contributed by atoms with Crippen molar-refractivity contribution in [3.05, 3.63) is 48.3 Å². The standard InChI is InChI=1S/C12H16N2O2/c1-10(13-8-9-16-2)14-12(15)11-6-4-3-5-7-11/h3-7,13H,1,8-9H2,2H3,(H,14,15). The molecule has 4 nitrogen and oxygen atoms in total. The van der Waals surface area contributed by atoms with Crippen molar-refractivity contribution in [3.8, 4) is 0 Å². The molecular weight excluding hydrogens is 204 g/mol. The lowest BCUT2D eigenvalue weighted by Crippen LogP contribution is -2.32. The molecule has 1 rings (SSSR count). The zero-order chi connectivity index (χ0) is 11.8.